The summed E-state index contributed by atoms with van der Waals surface area (Å²) < 4.78 is 0. The summed E-state index contributed by atoms with van der Waals surface area (Å²) in [4.78, 5) is 4.25. The Labute approximate surface area is 62.5 Å². The van der Waals surface area contributed by atoms with Crippen molar-refractivity contribution in [2.45, 2.75) is 39.2 Å². The maximum atomic E-state index is 5.67. The molecule has 1 fully saturated rings. The lowest BCUT2D eigenvalue weighted by Crippen LogP contribution is -2.14. The Balaban J connectivity index is 2.23. The van der Waals surface area contributed by atoms with E-state index in [1.165, 1.54) is 12.8 Å². The van der Waals surface area contributed by atoms with Crippen LogP contribution in [-0.2, 0) is 0 Å². The zero-order valence-corrected chi connectivity index (χ0v) is 6.80. The first kappa shape index (κ1) is 7.58. The molecule has 1 aliphatic carbocycles. The Kier molecular flexibility index (Phi) is 2.30. The summed E-state index contributed by atoms with van der Waals surface area (Å²) in [6, 6.07) is 0.360. The van der Waals surface area contributed by atoms with E-state index in [1.54, 1.807) is 0 Å². The number of hydrogen-bond acceptors (Lipinski definition) is 1. The fraction of sp³-hybridized carbons (Fsp3) is 0.875. The van der Waals surface area contributed by atoms with E-state index >= 15 is 0 Å². The molecule has 0 saturated heterocycles. The molecular weight excluding hydrogens is 124 g/mol. The van der Waals surface area contributed by atoms with E-state index < -0.39 is 0 Å². The van der Waals surface area contributed by atoms with Gasteiger partial charge in [-0.25, -0.2) is 0 Å². The summed E-state index contributed by atoms with van der Waals surface area (Å²) in [5, 5.41) is 0. The number of rotatable bonds is 3. The largest absolute Gasteiger partial charge is 0.387 e. The average Bonchev–Trinajstić information content (AvgIpc) is 2.46. The lowest BCUT2D eigenvalue weighted by molar-refractivity contribution is 0.807. The molecule has 0 radical (unpaired) electrons. The van der Waals surface area contributed by atoms with Gasteiger partial charge in [-0.05, 0) is 32.6 Å². The van der Waals surface area contributed by atoms with E-state index in [-0.39, 0.29) is 0 Å². The Bertz CT molecular complexity index is 134. The molecule has 0 aliphatic heterocycles. The van der Waals surface area contributed by atoms with Crippen LogP contribution in [0.2, 0.25) is 0 Å². The molecule has 2 nitrogen and oxygen atoms in total. The summed E-state index contributed by atoms with van der Waals surface area (Å²) >= 11 is 0. The normalized spacial score (nSPS) is 20.1. The van der Waals surface area contributed by atoms with Gasteiger partial charge in [0.05, 0.1) is 5.84 Å². The molecule has 0 bridgehead atoms. The molecular formula is C8H16N2. The van der Waals surface area contributed by atoms with Gasteiger partial charge in [0, 0.05) is 12.5 Å². The van der Waals surface area contributed by atoms with Crippen LogP contribution in [-0.4, -0.2) is 11.9 Å². The second kappa shape index (κ2) is 3.04. The van der Waals surface area contributed by atoms with Gasteiger partial charge in [-0.1, -0.05) is 0 Å². The molecule has 0 aromatic rings. The van der Waals surface area contributed by atoms with Crippen LogP contribution in [0.5, 0.6) is 0 Å². The van der Waals surface area contributed by atoms with Crippen molar-refractivity contribution in [2.75, 3.05) is 0 Å². The van der Waals surface area contributed by atoms with Gasteiger partial charge in [0.15, 0.2) is 0 Å². The number of amidine groups is 1. The van der Waals surface area contributed by atoms with E-state index in [2.05, 4.69) is 18.8 Å². The molecule has 10 heavy (non-hydrogen) atoms. The number of aliphatic imine (C=N–C) groups is 1. The summed E-state index contributed by atoms with van der Waals surface area (Å²) in [6.07, 6.45) is 3.74. The molecule has 0 heterocycles. The molecule has 1 saturated carbocycles. The number of hydrogen-bond donors (Lipinski definition) is 1. The number of nitrogens with two attached hydrogens (primary N) is 1. The van der Waals surface area contributed by atoms with Crippen LogP contribution >= 0.6 is 0 Å². The van der Waals surface area contributed by atoms with Crippen molar-refractivity contribution >= 4 is 5.84 Å². The fourth-order valence-corrected chi connectivity index (χ4v) is 1.00. The molecule has 0 amide bonds. The standard InChI is InChI=1S/C8H16N2/c1-6(2)10-8(9)5-7-3-4-7/h6-7H,3-5H2,1-2H3,(H2,9,10). The van der Waals surface area contributed by atoms with Gasteiger partial charge in [-0.15, -0.1) is 0 Å². The van der Waals surface area contributed by atoms with Crippen molar-refractivity contribution in [1.29, 1.82) is 0 Å². The molecule has 0 unspecified atom stereocenters. The maximum Gasteiger partial charge on any atom is 0.0943 e. The minimum absolute atomic E-state index is 0.360. The van der Waals surface area contributed by atoms with E-state index in [0.717, 1.165) is 18.2 Å². The van der Waals surface area contributed by atoms with E-state index in [1.807, 2.05) is 0 Å². The quantitative estimate of drug-likeness (QED) is 0.469. The minimum Gasteiger partial charge on any atom is -0.387 e. The van der Waals surface area contributed by atoms with Crippen LogP contribution in [0.3, 0.4) is 0 Å². The van der Waals surface area contributed by atoms with Crippen molar-refractivity contribution in [2.24, 2.45) is 16.6 Å². The maximum absolute atomic E-state index is 5.67. The molecule has 2 heteroatoms. The van der Waals surface area contributed by atoms with E-state index in [4.69, 9.17) is 5.73 Å². The minimum atomic E-state index is 0.360. The van der Waals surface area contributed by atoms with E-state index in [9.17, 15) is 0 Å². The van der Waals surface area contributed by atoms with Gasteiger partial charge in [0.1, 0.15) is 0 Å². The second-order valence-corrected chi connectivity index (χ2v) is 3.36. The lowest BCUT2D eigenvalue weighted by Gasteiger charge is -2.00. The molecule has 0 aromatic heterocycles. The van der Waals surface area contributed by atoms with Gasteiger partial charge in [0.25, 0.3) is 0 Å². The summed E-state index contributed by atoms with van der Waals surface area (Å²) in [7, 11) is 0. The van der Waals surface area contributed by atoms with Crippen LogP contribution in [0, 0.1) is 5.92 Å². The van der Waals surface area contributed by atoms with Crippen molar-refractivity contribution in [3.8, 4) is 0 Å². The first-order valence-corrected chi connectivity index (χ1v) is 4.00. The third-order valence-corrected chi connectivity index (χ3v) is 1.62. The monoisotopic (exact) mass is 140 g/mol. The van der Waals surface area contributed by atoms with Crippen molar-refractivity contribution in [3.05, 3.63) is 0 Å². The predicted octanol–water partition coefficient (Wildman–Crippen LogP) is 1.55. The first-order valence-electron chi connectivity index (χ1n) is 4.00. The highest BCUT2D eigenvalue weighted by Gasteiger charge is 2.22. The molecule has 58 valence electrons. The van der Waals surface area contributed by atoms with Gasteiger partial charge in [0.2, 0.25) is 0 Å². The van der Waals surface area contributed by atoms with Crippen molar-refractivity contribution in [1.82, 2.24) is 0 Å². The SMILES string of the molecule is CC(C)N=C(N)CC1CC1. The molecule has 2 N–H and O–H groups in total. The predicted molar refractivity (Wildman–Crippen MR) is 44.1 cm³/mol. The zero-order chi connectivity index (χ0) is 7.56. The Morgan fingerprint density at radius 2 is 2.20 bits per heavy atom. The Morgan fingerprint density at radius 1 is 1.60 bits per heavy atom. The van der Waals surface area contributed by atoms with Gasteiger partial charge >= 0.3 is 0 Å². The third kappa shape index (κ3) is 2.85. The van der Waals surface area contributed by atoms with Gasteiger partial charge in [-0.2, -0.15) is 0 Å². The third-order valence-electron chi connectivity index (χ3n) is 1.62. The molecule has 0 spiro atoms. The molecule has 1 aliphatic rings. The van der Waals surface area contributed by atoms with Gasteiger partial charge < -0.3 is 5.73 Å². The second-order valence-electron chi connectivity index (χ2n) is 3.36. The van der Waals surface area contributed by atoms with Crippen LogP contribution in [0.25, 0.3) is 0 Å². The van der Waals surface area contributed by atoms with Crippen LogP contribution in [0.1, 0.15) is 33.1 Å². The van der Waals surface area contributed by atoms with Crippen LogP contribution in [0.4, 0.5) is 0 Å². The smallest absolute Gasteiger partial charge is 0.0943 e. The topological polar surface area (TPSA) is 38.4 Å². The number of nitrogens with zero attached hydrogens (tertiary/aromatic N) is 1. The zero-order valence-electron chi connectivity index (χ0n) is 6.80. The molecule has 1 rings (SSSR count). The van der Waals surface area contributed by atoms with Gasteiger partial charge in [-0.3, -0.25) is 4.99 Å². The Hall–Kier alpha value is -0.530. The van der Waals surface area contributed by atoms with E-state index in [0.29, 0.717) is 6.04 Å². The Morgan fingerprint density at radius 3 is 2.60 bits per heavy atom. The first-order chi connectivity index (χ1) is 4.68. The fourth-order valence-electron chi connectivity index (χ4n) is 1.00. The summed E-state index contributed by atoms with van der Waals surface area (Å²) in [5.74, 6) is 1.71. The highest BCUT2D eigenvalue weighted by atomic mass is 14.9. The highest BCUT2D eigenvalue weighted by molar-refractivity contribution is 5.80. The summed E-state index contributed by atoms with van der Waals surface area (Å²) in [5.41, 5.74) is 5.67. The molecule has 0 aromatic carbocycles. The van der Waals surface area contributed by atoms with Crippen LogP contribution < -0.4 is 5.73 Å². The summed E-state index contributed by atoms with van der Waals surface area (Å²) in [6.45, 7) is 4.11. The van der Waals surface area contributed by atoms with Crippen LogP contribution in [0.15, 0.2) is 4.99 Å². The molecule has 0 atom stereocenters. The average molecular weight is 140 g/mol. The van der Waals surface area contributed by atoms with Crippen molar-refractivity contribution < 1.29 is 0 Å². The lowest BCUT2D eigenvalue weighted by atomic mass is 10.3. The van der Waals surface area contributed by atoms with Crippen molar-refractivity contribution in [3.63, 3.8) is 0 Å². The highest BCUT2D eigenvalue weighted by Crippen LogP contribution is 2.32.